The van der Waals surface area contributed by atoms with Gasteiger partial charge in [0.25, 0.3) is 0 Å². The van der Waals surface area contributed by atoms with Crippen LogP contribution in [0, 0.1) is 0 Å². The standard InChI is InChI=1S/C13H22N2O2/c1-11(2)13-5-3-4-12(14-13)10-15(6-8-16)7-9-17/h3-5,11,16-17H,6-10H2,1-2H3. The van der Waals surface area contributed by atoms with E-state index < -0.39 is 0 Å². The molecule has 1 aromatic heterocycles. The second-order valence-electron chi connectivity index (χ2n) is 4.43. The Hall–Kier alpha value is -0.970. The van der Waals surface area contributed by atoms with Crippen LogP contribution in [0.1, 0.15) is 31.2 Å². The van der Waals surface area contributed by atoms with Crippen molar-refractivity contribution >= 4 is 0 Å². The topological polar surface area (TPSA) is 56.6 Å². The quantitative estimate of drug-likeness (QED) is 0.744. The molecule has 0 saturated heterocycles. The second-order valence-corrected chi connectivity index (χ2v) is 4.43. The number of hydrogen-bond donors (Lipinski definition) is 2. The maximum Gasteiger partial charge on any atom is 0.0558 e. The third-order valence-electron chi connectivity index (χ3n) is 2.64. The lowest BCUT2D eigenvalue weighted by atomic mass is 10.1. The fourth-order valence-electron chi connectivity index (χ4n) is 1.69. The molecule has 0 fully saturated rings. The summed E-state index contributed by atoms with van der Waals surface area (Å²) in [7, 11) is 0. The van der Waals surface area contributed by atoms with E-state index in [9.17, 15) is 0 Å². The van der Waals surface area contributed by atoms with E-state index in [0.717, 1.165) is 11.4 Å². The van der Waals surface area contributed by atoms with E-state index in [0.29, 0.717) is 25.6 Å². The molecule has 17 heavy (non-hydrogen) atoms. The zero-order valence-electron chi connectivity index (χ0n) is 10.6. The molecule has 0 saturated carbocycles. The van der Waals surface area contributed by atoms with Crippen molar-refractivity contribution in [1.82, 2.24) is 9.88 Å². The van der Waals surface area contributed by atoms with Crippen LogP contribution in [-0.4, -0.2) is 46.4 Å². The molecule has 1 heterocycles. The second kappa shape index (κ2) is 7.37. The van der Waals surface area contributed by atoms with Gasteiger partial charge in [0.2, 0.25) is 0 Å². The Labute approximate surface area is 103 Å². The Kier molecular flexibility index (Phi) is 6.11. The number of aliphatic hydroxyl groups excluding tert-OH is 2. The Morgan fingerprint density at radius 2 is 1.82 bits per heavy atom. The van der Waals surface area contributed by atoms with Crippen molar-refractivity contribution in [2.75, 3.05) is 26.3 Å². The molecular formula is C13H22N2O2. The van der Waals surface area contributed by atoms with Crippen LogP contribution in [0.15, 0.2) is 18.2 Å². The Balaban J connectivity index is 2.67. The fraction of sp³-hybridized carbons (Fsp3) is 0.615. The van der Waals surface area contributed by atoms with Crippen LogP contribution in [0.4, 0.5) is 0 Å². The van der Waals surface area contributed by atoms with Gasteiger partial charge in [-0.1, -0.05) is 19.9 Å². The molecule has 1 rings (SSSR count). The maximum absolute atomic E-state index is 8.94. The largest absolute Gasteiger partial charge is 0.395 e. The molecule has 2 N–H and O–H groups in total. The molecule has 0 aromatic carbocycles. The van der Waals surface area contributed by atoms with E-state index in [2.05, 4.69) is 18.8 Å². The van der Waals surface area contributed by atoms with Crippen molar-refractivity contribution in [3.63, 3.8) is 0 Å². The minimum atomic E-state index is 0.101. The lowest BCUT2D eigenvalue weighted by Gasteiger charge is -2.20. The Morgan fingerprint density at radius 1 is 1.18 bits per heavy atom. The lowest BCUT2D eigenvalue weighted by molar-refractivity contribution is 0.154. The molecule has 1 aromatic rings. The first-order valence-corrected chi connectivity index (χ1v) is 6.07. The zero-order valence-corrected chi connectivity index (χ0v) is 10.6. The lowest BCUT2D eigenvalue weighted by Crippen LogP contribution is -2.29. The van der Waals surface area contributed by atoms with Gasteiger partial charge in [0.15, 0.2) is 0 Å². The van der Waals surface area contributed by atoms with Crippen LogP contribution >= 0.6 is 0 Å². The SMILES string of the molecule is CC(C)c1cccc(CN(CCO)CCO)n1. The Bertz CT molecular complexity index is 323. The van der Waals surface area contributed by atoms with Gasteiger partial charge in [-0.3, -0.25) is 9.88 Å². The average Bonchev–Trinajstić information content (AvgIpc) is 2.30. The molecule has 0 unspecified atom stereocenters. The third-order valence-corrected chi connectivity index (χ3v) is 2.64. The van der Waals surface area contributed by atoms with Gasteiger partial charge in [-0.2, -0.15) is 0 Å². The van der Waals surface area contributed by atoms with Gasteiger partial charge < -0.3 is 10.2 Å². The molecule has 0 radical (unpaired) electrons. The minimum absolute atomic E-state index is 0.101. The molecule has 4 heteroatoms. The van der Waals surface area contributed by atoms with Crippen LogP contribution in [0.3, 0.4) is 0 Å². The minimum Gasteiger partial charge on any atom is -0.395 e. The number of pyridine rings is 1. The maximum atomic E-state index is 8.94. The third kappa shape index (κ3) is 4.81. The molecule has 0 aliphatic rings. The summed E-state index contributed by atoms with van der Waals surface area (Å²) < 4.78 is 0. The first-order chi connectivity index (χ1) is 8.17. The number of hydrogen-bond acceptors (Lipinski definition) is 4. The van der Waals surface area contributed by atoms with E-state index in [4.69, 9.17) is 10.2 Å². The average molecular weight is 238 g/mol. The first-order valence-electron chi connectivity index (χ1n) is 6.07. The van der Waals surface area contributed by atoms with Gasteiger partial charge in [0.05, 0.1) is 18.9 Å². The highest BCUT2D eigenvalue weighted by atomic mass is 16.3. The summed E-state index contributed by atoms with van der Waals surface area (Å²) in [6.07, 6.45) is 0. The van der Waals surface area contributed by atoms with Crippen LogP contribution in [0.25, 0.3) is 0 Å². The van der Waals surface area contributed by atoms with E-state index >= 15 is 0 Å². The van der Waals surface area contributed by atoms with Gasteiger partial charge >= 0.3 is 0 Å². The summed E-state index contributed by atoms with van der Waals surface area (Å²) in [6.45, 7) is 6.23. The van der Waals surface area contributed by atoms with Gasteiger partial charge in [-0.15, -0.1) is 0 Å². The normalized spacial score (nSPS) is 11.4. The molecule has 0 atom stereocenters. The zero-order chi connectivity index (χ0) is 12.7. The smallest absolute Gasteiger partial charge is 0.0558 e. The van der Waals surface area contributed by atoms with E-state index in [-0.39, 0.29) is 13.2 Å². The number of nitrogens with zero attached hydrogens (tertiary/aromatic N) is 2. The van der Waals surface area contributed by atoms with E-state index in [1.807, 2.05) is 23.1 Å². The van der Waals surface area contributed by atoms with Gasteiger partial charge in [0.1, 0.15) is 0 Å². The van der Waals surface area contributed by atoms with Crippen LogP contribution < -0.4 is 0 Å². The monoisotopic (exact) mass is 238 g/mol. The molecule has 0 aliphatic heterocycles. The predicted octanol–water partition coefficient (Wildman–Crippen LogP) is 0.992. The molecule has 0 spiro atoms. The highest BCUT2D eigenvalue weighted by Gasteiger charge is 2.07. The number of aliphatic hydroxyl groups is 2. The van der Waals surface area contributed by atoms with Crippen molar-refractivity contribution in [3.8, 4) is 0 Å². The van der Waals surface area contributed by atoms with Gasteiger partial charge in [0, 0.05) is 25.3 Å². The van der Waals surface area contributed by atoms with Crippen molar-refractivity contribution in [2.24, 2.45) is 0 Å². The molecule has 0 aliphatic carbocycles. The molecule has 96 valence electrons. The van der Waals surface area contributed by atoms with Crippen molar-refractivity contribution in [1.29, 1.82) is 0 Å². The molecule has 0 bridgehead atoms. The van der Waals surface area contributed by atoms with Crippen molar-refractivity contribution in [3.05, 3.63) is 29.6 Å². The first kappa shape index (κ1) is 14.1. The van der Waals surface area contributed by atoms with Crippen LogP contribution in [0.2, 0.25) is 0 Å². The van der Waals surface area contributed by atoms with Gasteiger partial charge in [-0.05, 0) is 18.1 Å². The predicted molar refractivity (Wildman–Crippen MR) is 67.8 cm³/mol. The molecule has 4 nitrogen and oxygen atoms in total. The van der Waals surface area contributed by atoms with Crippen LogP contribution in [0.5, 0.6) is 0 Å². The highest BCUT2D eigenvalue weighted by molar-refractivity contribution is 5.13. The Morgan fingerprint density at radius 3 is 2.35 bits per heavy atom. The van der Waals surface area contributed by atoms with Crippen LogP contribution in [-0.2, 0) is 6.54 Å². The highest BCUT2D eigenvalue weighted by Crippen LogP contribution is 2.12. The summed E-state index contributed by atoms with van der Waals surface area (Å²) in [5.74, 6) is 0.416. The van der Waals surface area contributed by atoms with Crippen molar-refractivity contribution < 1.29 is 10.2 Å². The molecular weight excluding hydrogens is 216 g/mol. The summed E-state index contributed by atoms with van der Waals surface area (Å²) in [6, 6.07) is 6.01. The number of rotatable bonds is 7. The summed E-state index contributed by atoms with van der Waals surface area (Å²) in [4.78, 5) is 6.56. The molecule has 0 amide bonds. The van der Waals surface area contributed by atoms with E-state index in [1.165, 1.54) is 0 Å². The summed E-state index contributed by atoms with van der Waals surface area (Å²) in [5, 5.41) is 17.9. The van der Waals surface area contributed by atoms with Gasteiger partial charge in [-0.25, -0.2) is 0 Å². The summed E-state index contributed by atoms with van der Waals surface area (Å²) >= 11 is 0. The van der Waals surface area contributed by atoms with Crippen molar-refractivity contribution in [2.45, 2.75) is 26.3 Å². The van der Waals surface area contributed by atoms with E-state index in [1.54, 1.807) is 0 Å². The number of aromatic nitrogens is 1. The fourth-order valence-corrected chi connectivity index (χ4v) is 1.69. The summed E-state index contributed by atoms with van der Waals surface area (Å²) in [5.41, 5.74) is 2.06.